The third-order valence-electron chi connectivity index (χ3n) is 8.82. The van der Waals surface area contributed by atoms with E-state index in [4.69, 9.17) is 4.74 Å². The number of epoxide rings is 1. The van der Waals surface area contributed by atoms with Gasteiger partial charge in [-0.1, -0.05) is 20.3 Å². The van der Waals surface area contributed by atoms with Crippen molar-refractivity contribution in [2.75, 3.05) is 6.61 Å². The molecule has 1 saturated heterocycles. The molecule has 1 heterocycles. The lowest BCUT2D eigenvalue weighted by molar-refractivity contribution is -0.173. The Kier molecular flexibility index (Phi) is 3.54. The SMILES string of the molecule is C[C@@]1(CCO)CC[C@@]23O[C@]2(C1)[C@@H](O)C[C@H]1[C@](C)(C(=O)O)CCC[C@]13C. The van der Waals surface area contributed by atoms with Crippen LogP contribution >= 0.6 is 0 Å². The Morgan fingerprint density at radius 3 is 2.52 bits per heavy atom. The molecule has 0 aromatic heterocycles. The number of aliphatic hydroxyl groups excluding tert-OH is 2. The molecule has 5 heteroatoms. The Bertz CT molecular complexity index is 607. The molecule has 0 spiro atoms. The molecule has 4 rings (SSSR count). The molecule has 4 aliphatic rings. The first-order chi connectivity index (χ1) is 11.6. The fraction of sp³-hybridized carbons (Fsp3) is 0.950. The molecule has 0 amide bonds. The zero-order chi connectivity index (χ0) is 18.3. The van der Waals surface area contributed by atoms with Gasteiger partial charge >= 0.3 is 5.97 Å². The lowest BCUT2D eigenvalue weighted by Crippen LogP contribution is -2.64. The van der Waals surface area contributed by atoms with E-state index in [1.165, 1.54) is 0 Å². The van der Waals surface area contributed by atoms with Crippen LogP contribution in [0.3, 0.4) is 0 Å². The molecule has 0 radical (unpaired) electrons. The molecule has 1 aliphatic heterocycles. The molecule has 142 valence electrons. The number of aliphatic hydroxyl groups is 2. The first kappa shape index (κ1) is 17.7. The summed E-state index contributed by atoms with van der Waals surface area (Å²) in [5.41, 5.74) is -1.90. The van der Waals surface area contributed by atoms with Gasteiger partial charge in [0.2, 0.25) is 0 Å². The van der Waals surface area contributed by atoms with E-state index in [1.54, 1.807) is 0 Å². The number of fused-ring (bicyclic) bond motifs is 1. The number of ether oxygens (including phenoxy) is 1. The summed E-state index contributed by atoms with van der Waals surface area (Å²) in [4.78, 5) is 12.1. The van der Waals surface area contributed by atoms with Crippen LogP contribution in [0.2, 0.25) is 0 Å². The molecule has 0 aromatic carbocycles. The maximum absolute atomic E-state index is 12.1. The number of aliphatic carboxylic acids is 1. The Morgan fingerprint density at radius 1 is 1.16 bits per heavy atom. The van der Waals surface area contributed by atoms with Crippen molar-refractivity contribution in [3.63, 3.8) is 0 Å². The van der Waals surface area contributed by atoms with E-state index in [0.29, 0.717) is 12.8 Å². The van der Waals surface area contributed by atoms with Gasteiger partial charge in [0.15, 0.2) is 0 Å². The first-order valence-electron chi connectivity index (χ1n) is 9.82. The van der Waals surface area contributed by atoms with Crippen molar-refractivity contribution in [3.05, 3.63) is 0 Å². The van der Waals surface area contributed by atoms with E-state index < -0.39 is 23.1 Å². The van der Waals surface area contributed by atoms with Crippen LogP contribution in [0.4, 0.5) is 0 Å². The third-order valence-corrected chi connectivity index (χ3v) is 8.82. The molecular formula is C20H32O5. The van der Waals surface area contributed by atoms with Gasteiger partial charge in [0, 0.05) is 12.0 Å². The van der Waals surface area contributed by atoms with Gasteiger partial charge in [0.05, 0.1) is 11.5 Å². The van der Waals surface area contributed by atoms with Crippen LogP contribution in [0.25, 0.3) is 0 Å². The minimum atomic E-state index is -0.785. The predicted molar refractivity (Wildman–Crippen MR) is 92.0 cm³/mol. The minimum absolute atomic E-state index is 0.0102. The summed E-state index contributed by atoms with van der Waals surface area (Å²) in [6.07, 6.45) is 5.79. The summed E-state index contributed by atoms with van der Waals surface area (Å²) in [6.45, 7) is 6.44. The maximum atomic E-state index is 12.1. The number of hydrogen-bond acceptors (Lipinski definition) is 4. The van der Waals surface area contributed by atoms with Gasteiger partial charge in [-0.15, -0.1) is 0 Å². The fourth-order valence-corrected chi connectivity index (χ4v) is 7.30. The summed E-state index contributed by atoms with van der Waals surface area (Å²) in [7, 11) is 0. The molecule has 5 nitrogen and oxygen atoms in total. The fourth-order valence-electron chi connectivity index (χ4n) is 7.30. The molecule has 25 heavy (non-hydrogen) atoms. The highest BCUT2D eigenvalue weighted by atomic mass is 16.6. The average molecular weight is 352 g/mol. The molecule has 0 aromatic rings. The van der Waals surface area contributed by atoms with Gasteiger partial charge < -0.3 is 20.1 Å². The Balaban J connectivity index is 1.74. The minimum Gasteiger partial charge on any atom is -0.481 e. The Labute approximate surface area is 149 Å². The highest BCUT2D eigenvalue weighted by Crippen LogP contribution is 2.78. The van der Waals surface area contributed by atoms with Crippen molar-refractivity contribution in [2.24, 2.45) is 22.2 Å². The number of rotatable bonds is 3. The van der Waals surface area contributed by atoms with Gasteiger partial charge in [-0.3, -0.25) is 4.79 Å². The van der Waals surface area contributed by atoms with E-state index in [0.717, 1.165) is 38.5 Å². The van der Waals surface area contributed by atoms with Crippen molar-refractivity contribution >= 4 is 5.97 Å². The van der Waals surface area contributed by atoms with E-state index >= 15 is 0 Å². The molecule has 0 unspecified atom stereocenters. The lowest BCUT2D eigenvalue weighted by Gasteiger charge is -2.59. The smallest absolute Gasteiger partial charge is 0.309 e. The molecule has 3 saturated carbocycles. The van der Waals surface area contributed by atoms with Crippen LogP contribution in [0.5, 0.6) is 0 Å². The highest BCUT2D eigenvalue weighted by molar-refractivity contribution is 5.75. The molecule has 3 N–H and O–H groups in total. The van der Waals surface area contributed by atoms with E-state index in [1.807, 2.05) is 6.92 Å². The standard InChI is InChI=1S/C20H32O5/c1-16(9-10-21)7-8-20-18(3)6-4-5-17(2,15(23)24)13(18)11-14(22)19(20,12-16)25-20/h13-14,21-22H,4-12H2,1-3H3,(H,23,24)/t13-,14-,16-,17+,18+,19+,20-/m0/s1. The van der Waals surface area contributed by atoms with Crippen molar-refractivity contribution in [1.29, 1.82) is 0 Å². The van der Waals surface area contributed by atoms with Gasteiger partial charge in [-0.05, 0) is 63.2 Å². The second-order valence-electron chi connectivity index (χ2n) is 10.1. The zero-order valence-corrected chi connectivity index (χ0v) is 15.7. The second kappa shape index (κ2) is 4.99. The highest BCUT2D eigenvalue weighted by Gasteiger charge is 2.86. The van der Waals surface area contributed by atoms with Gasteiger partial charge in [-0.25, -0.2) is 0 Å². The Morgan fingerprint density at radius 2 is 1.88 bits per heavy atom. The molecular weight excluding hydrogens is 320 g/mol. The molecule has 3 aliphatic carbocycles. The number of carboxylic acids is 1. The quantitative estimate of drug-likeness (QED) is 0.680. The zero-order valence-electron chi connectivity index (χ0n) is 15.7. The van der Waals surface area contributed by atoms with Crippen LogP contribution in [0.15, 0.2) is 0 Å². The van der Waals surface area contributed by atoms with Crippen LogP contribution in [0, 0.1) is 22.2 Å². The monoisotopic (exact) mass is 352 g/mol. The molecule has 4 fully saturated rings. The number of carbonyl (C=O) groups is 1. The summed E-state index contributed by atoms with van der Waals surface area (Å²) >= 11 is 0. The normalized spacial score (nSPS) is 57.2. The van der Waals surface area contributed by atoms with E-state index in [-0.39, 0.29) is 29.0 Å². The van der Waals surface area contributed by atoms with Crippen molar-refractivity contribution < 1.29 is 24.9 Å². The van der Waals surface area contributed by atoms with Crippen LogP contribution in [-0.4, -0.2) is 45.2 Å². The largest absolute Gasteiger partial charge is 0.481 e. The first-order valence-corrected chi connectivity index (χ1v) is 9.82. The molecule has 7 atom stereocenters. The average Bonchev–Trinajstić information content (AvgIpc) is 3.22. The summed E-state index contributed by atoms with van der Waals surface area (Å²) in [5, 5.41) is 30.5. The van der Waals surface area contributed by atoms with Crippen LogP contribution < -0.4 is 0 Å². The topological polar surface area (TPSA) is 90.3 Å². The van der Waals surface area contributed by atoms with E-state index in [9.17, 15) is 20.1 Å². The van der Waals surface area contributed by atoms with Gasteiger partial charge in [0.1, 0.15) is 11.2 Å². The third kappa shape index (κ3) is 1.93. The van der Waals surface area contributed by atoms with Crippen molar-refractivity contribution in [1.82, 2.24) is 0 Å². The predicted octanol–water partition coefficient (Wildman–Crippen LogP) is 2.73. The van der Waals surface area contributed by atoms with Crippen molar-refractivity contribution in [2.45, 2.75) is 89.4 Å². The Hall–Kier alpha value is -0.650. The summed E-state index contributed by atoms with van der Waals surface area (Å²) in [5.74, 6) is -0.792. The second-order valence-corrected chi connectivity index (χ2v) is 10.1. The maximum Gasteiger partial charge on any atom is 0.309 e. The number of carboxylic acid groups (broad SMARTS) is 1. The molecule has 0 bridgehead atoms. The van der Waals surface area contributed by atoms with E-state index in [2.05, 4.69) is 13.8 Å². The van der Waals surface area contributed by atoms with Crippen molar-refractivity contribution in [3.8, 4) is 0 Å². The summed E-state index contributed by atoms with van der Waals surface area (Å²) in [6, 6.07) is 0. The van der Waals surface area contributed by atoms with Gasteiger partial charge in [0.25, 0.3) is 0 Å². The number of hydrogen-bond donors (Lipinski definition) is 3. The van der Waals surface area contributed by atoms with Crippen LogP contribution in [-0.2, 0) is 9.53 Å². The van der Waals surface area contributed by atoms with Crippen LogP contribution in [0.1, 0.15) is 72.1 Å². The lowest BCUT2D eigenvalue weighted by atomic mass is 9.42. The van der Waals surface area contributed by atoms with Gasteiger partial charge in [-0.2, -0.15) is 0 Å². The summed E-state index contributed by atoms with van der Waals surface area (Å²) < 4.78 is 6.49.